The lowest BCUT2D eigenvalue weighted by atomic mass is 10.2. The van der Waals surface area contributed by atoms with Crippen molar-refractivity contribution in [2.24, 2.45) is 0 Å². The minimum atomic E-state index is -0.675. The summed E-state index contributed by atoms with van der Waals surface area (Å²) in [6, 6.07) is 1.60. The van der Waals surface area contributed by atoms with Crippen molar-refractivity contribution < 1.29 is 9.90 Å². The average molecular weight is 234 g/mol. The highest BCUT2D eigenvalue weighted by Gasteiger charge is 2.12. The van der Waals surface area contributed by atoms with Gasteiger partial charge in [0.25, 0.3) is 5.91 Å². The van der Waals surface area contributed by atoms with E-state index in [-0.39, 0.29) is 11.3 Å². The zero-order chi connectivity index (χ0) is 13.8. The number of carbonyl (C=O) groups is 1. The van der Waals surface area contributed by atoms with Gasteiger partial charge >= 0.3 is 0 Å². The monoisotopic (exact) mass is 234 g/mol. The molecule has 0 aromatic carbocycles. The van der Waals surface area contributed by atoms with Gasteiger partial charge in [-0.25, -0.2) is 0 Å². The Kier molecular flexibility index (Phi) is 10.3. The topological polar surface area (TPSA) is 73.1 Å². The van der Waals surface area contributed by atoms with Crippen LogP contribution in [0, 0.1) is 11.3 Å². The molecule has 0 saturated heterocycles. The van der Waals surface area contributed by atoms with Gasteiger partial charge in [0, 0.05) is 5.70 Å². The Morgan fingerprint density at radius 1 is 1.41 bits per heavy atom. The van der Waals surface area contributed by atoms with Crippen molar-refractivity contribution in [1.82, 2.24) is 5.32 Å². The van der Waals surface area contributed by atoms with Crippen LogP contribution in [0.4, 0.5) is 0 Å². The molecule has 0 unspecified atom stereocenters. The maximum atomic E-state index is 11.4. The summed E-state index contributed by atoms with van der Waals surface area (Å²) in [7, 11) is 0. The normalized spacial score (nSPS) is 11.1. The van der Waals surface area contributed by atoms with Gasteiger partial charge in [0.2, 0.25) is 0 Å². The van der Waals surface area contributed by atoms with Crippen LogP contribution in [0.2, 0.25) is 0 Å². The first-order valence-electron chi connectivity index (χ1n) is 5.13. The Morgan fingerprint density at radius 3 is 2.24 bits per heavy atom. The van der Waals surface area contributed by atoms with Crippen LogP contribution in [0.3, 0.4) is 0 Å². The second kappa shape index (κ2) is 10.2. The van der Waals surface area contributed by atoms with E-state index in [0.717, 1.165) is 0 Å². The van der Waals surface area contributed by atoms with Crippen LogP contribution in [-0.2, 0) is 4.79 Å². The fourth-order valence-electron chi connectivity index (χ4n) is 0.777. The Bertz CT molecular complexity index is 381. The van der Waals surface area contributed by atoms with E-state index in [4.69, 9.17) is 10.4 Å². The predicted molar refractivity (Wildman–Crippen MR) is 68.9 cm³/mol. The average Bonchev–Trinajstić information content (AvgIpc) is 2.31. The number of allylic oxidation sites excluding steroid dienone is 4. The maximum absolute atomic E-state index is 11.4. The van der Waals surface area contributed by atoms with Crippen molar-refractivity contribution in [2.75, 3.05) is 0 Å². The number of nitrogens with zero attached hydrogens (tertiary/aromatic N) is 1. The molecule has 0 saturated carbocycles. The lowest BCUT2D eigenvalue weighted by molar-refractivity contribution is -0.116. The Hall–Kier alpha value is -2.28. The van der Waals surface area contributed by atoms with E-state index in [1.165, 1.54) is 25.2 Å². The molecular weight excluding hydrogens is 216 g/mol. The van der Waals surface area contributed by atoms with E-state index >= 15 is 0 Å². The van der Waals surface area contributed by atoms with Crippen molar-refractivity contribution in [3.8, 4) is 6.07 Å². The molecule has 92 valence electrons. The van der Waals surface area contributed by atoms with Crippen molar-refractivity contribution in [3.05, 3.63) is 48.4 Å². The van der Waals surface area contributed by atoms with E-state index in [1.54, 1.807) is 6.07 Å². The summed E-state index contributed by atoms with van der Waals surface area (Å²) in [5.41, 5.74) is 0.0795. The third-order valence-corrected chi connectivity index (χ3v) is 1.48. The van der Waals surface area contributed by atoms with Gasteiger partial charge in [0.1, 0.15) is 11.8 Å². The SMILES string of the molecule is C=C/C=C(\C=C)NC(=O)/C(C#N)=C(/C)O.CC. The zero-order valence-electron chi connectivity index (χ0n) is 10.4. The summed E-state index contributed by atoms with van der Waals surface area (Å²) in [5.74, 6) is -0.998. The molecule has 0 spiro atoms. The summed E-state index contributed by atoms with van der Waals surface area (Å²) < 4.78 is 0. The third-order valence-electron chi connectivity index (χ3n) is 1.48. The van der Waals surface area contributed by atoms with E-state index in [0.29, 0.717) is 5.70 Å². The fourth-order valence-corrected chi connectivity index (χ4v) is 0.777. The minimum absolute atomic E-state index is 0.322. The van der Waals surface area contributed by atoms with Crippen LogP contribution >= 0.6 is 0 Å². The molecule has 0 fully saturated rings. The minimum Gasteiger partial charge on any atom is -0.511 e. The summed E-state index contributed by atoms with van der Waals surface area (Å²) in [6.07, 6.45) is 4.40. The number of aliphatic hydroxyl groups is 1. The molecule has 1 amide bonds. The Morgan fingerprint density at radius 2 is 1.94 bits per heavy atom. The van der Waals surface area contributed by atoms with Crippen molar-refractivity contribution in [2.45, 2.75) is 20.8 Å². The molecule has 0 heterocycles. The zero-order valence-corrected chi connectivity index (χ0v) is 10.4. The standard InChI is InChI=1S/C11H12N2O2.C2H6/c1-4-6-9(5-2)13-11(15)10(7-12)8(3)14;1-2/h4-6,14H,1-2H2,3H3,(H,13,15);1-2H3/b9-6+,10-8-;. The van der Waals surface area contributed by atoms with Crippen molar-refractivity contribution in [1.29, 1.82) is 5.26 Å². The molecule has 0 aromatic heterocycles. The number of hydrogen-bond acceptors (Lipinski definition) is 3. The quantitative estimate of drug-likeness (QED) is 0.340. The summed E-state index contributed by atoms with van der Waals surface area (Å²) in [5, 5.41) is 20.0. The largest absolute Gasteiger partial charge is 0.511 e. The van der Waals surface area contributed by atoms with Gasteiger partial charge in [-0.05, 0) is 19.1 Å². The number of amides is 1. The molecule has 0 aliphatic rings. The molecule has 0 radical (unpaired) electrons. The molecule has 4 heteroatoms. The highest BCUT2D eigenvalue weighted by Crippen LogP contribution is 2.01. The van der Waals surface area contributed by atoms with Gasteiger partial charge < -0.3 is 10.4 Å². The van der Waals surface area contributed by atoms with Crippen LogP contribution < -0.4 is 5.32 Å². The molecule has 0 aliphatic carbocycles. The molecular formula is C13H18N2O2. The highest BCUT2D eigenvalue weighted by molar-refractivity contribution is 5.98. The first kappa shape index (κ1) is 17.1. The van der Waals surface area contributed by atoms with Crippen LogP contribution in [0.5, 0.6) is 0 Å². The number of nitrogens with one attached hydrogen (secondary N) is 1. The van der Waals surface area contributed by atoms with Gasteiger partial charge in [0.15, 0.2) is 5.57 Å². The van der Waals surface area contributed by atoms with Gasteiger partial charge in [-0.1, -0.05) is 33.1 Å². The van der Waals surface area contributed by atoms with E-state index in [2.05, 4.69) is 18.5 Å². The molecule has 0 aliphatic heterocycles. The van der Waals surface area contributed by atoms with Gasteiger partial charge in [-0.3, -0.25) is 4.79 Å². The number of nitriles is 1. The molecule has 0 bridgehead atoms. The van der Waals surface area contributed by atoms with E-state index < -0.39 is 5.91 Å². The molecule has 0 rings (SSSR count). The summed E-state index contributed by atoms with van der Waals surface area (Å²) in [4.78, 5) is 11.4. The number of aliphatic hydroxyl groups excluding tert-OH is 1. The van der Waals surface area contributed by atoms with Crippen LogP contribution in [0.25, 0.3) is 0 Å². The maximum Gasteiger partial charge on any atom is 0.269 e. The fraction of sp³-hybridized carbons (Fsp3) is 0.231. The van der Waals surface area contributed by atoms with Gasteiger partial charge in [-0.2, -0.15) is 5.26 Å². The van der Waals surface area contributed by atoms with E-state index in [9.17, 15) is 4.79 Å². The number of hydrogen-bond donors (Lipinski definition) is 2. The Labute approximate surface area is 102 Å². The highest BCUT2D eigenvalue weighted by atomic mass is 16.3. The summed E-state index contributed by atoms with van der Waals surface area (Å²) in [6.45, 7) is 12.2. The smallest absolute Gasteiger partial charge is 0.269 e. The Balaban J connectivity index is 0. The third kappa shape index (κ3) is 6.74. The molecule has 4 nitrogen and oxygen atoms in total. The van der Waals surface area contributed by atoms with Gasteiger partial charge in [-0.15, -0.1) is 0 Å². The summed E-state index contributed by atoms with van der Waals surface area (Å²) >= 11 is 0. The molecule has 17 heavy (non-hydrogen) atoms. The van der Waals surface area contributed by atoms with Crippen LogP contribution in [0.15, 0.2) is 48.4 Å². The first-order chi connectivity index (χ1) is 8.06. The predicted octanol–water partition coefficient (Wildman–Crippen LogP) is 2.74. The number of rotatable bonds is 4. The molecule has 0 aromatic rings. The van der Waals surface area contributed by atoms with Crippen molar-refractivity contribution in [3.63, 3.8) is 0 Å². The van der Waals surface area contributed by atoms with Crippen LogP contribution in [-0.4, -0.2) is 11.0 Å². The molecule has 0 atom stereocenters. The van der Waals surface area contributed by atoms with Crippen molar-refractivity contribution >= 4 is 5.91 Å². The first-order valence-corrected chi connectivity index (χ1v) is 5.13. The molecule has 2 N–H and O–H groups in total. The lowest BCUT2D eigenvalue weighted by Gasteiger charge is -2.04. The van der Waals surface area contributed by atoms with E-state index in [1.807, 2.05) is 13.8 Å². The lowest BCUT2D eigenvalue weighted by Crippen LogP contribution is -2.23. The van der Waals surface area contributed by atoms with Gasteiger partial charge in [0.05, 0.1) is 0 Å². The van der Waals surface area contributed by atoms with Crippen LogP contribution in [0.1, 0.15) is 20.8 Å². The second-order valence-corrected chi connectivity index (χ2v) is 2.59. The second-order valence-electron chi connectivity index (χ2n) is 2.59. The number of carbonyl (C=O) groups excluding carboxylic acids is 1.